The third kappa shape index (κ3) is 5.71. The molecule has 0 atom stereocenters. The van der Waals surface area contributed by atoms with Gasteiger partial charge in [0.15, 0.2) is 0 Å². The summed E-state index contributed by atoms with van der Waals surface area (Å²) >= 11 is 0. The summed E-state index contributed by atoms with van der Waals surface area (Å²) in [7, 11) is 3.37. The second-order valence-electron chi connectivity index (χ2n) is 4.64. The maximum absolute atomic E-state index is 11.3. The fraction of sp³-hybridized carbons (Fsp3) is 0.429. The topological polar surface area (TPSA) is 81.7 Å². The summed E-state index contributed by atoms with van der Waals surface area (Å²) in [6.45, 7) is 1.74. The molecule has 0 heterocycles. The van der Waals surface area contributed by atoms with Crippen molar-refractivity contribution in [3.63, 3.8) is 0 Å². The lowest BCUT2D eigenvalue weighted by Gasteiger charge is -2.13. The first-order valence-corrected chi connectivity index (χ1v) is 6.45. The average Bonchev–Trinajstić information content (AvgIpc) is 2.39. The highest BCUT2D eigenvalue weighted by Crippen LogP contribution is 2.09. The van der Waals surface area contributed by atoms with Crippen molar-refractivity contribution in [2.75, 3.05) is 27.2 Å². The van der Waals surface area contributed by atoms with E-state index in [2.05, 4.69) is 10.6 Å². The molecule has 0 saturated heterocycles. The van der Waals surface area contributed by atoms with E-state index in [-0.39, 0.29) is 12.5 Å². The standard InChI is InChI=1S/C14H21N3O3/c1-17(2)14(20)16-8-7-15-10-12-6-4-3-5-11(12)9-13(18)19/h3-6,15H,7-10H2,1-2H3,(H,16,20)(H,18,19). The van der Waals surface area contributed by atoms with Crippen LogP contribution in [0, 0.1) is 0 Å². The Morgan fingerprint density at radius 3 is 2.40 bits per heavy atom. The molecule has 0 bridgehead atoms. The molecule has 1 aromatic carbocycles. The van der Waals surface area contributed by atoms with Gasteiger partial charge in [-0.3, -0.25) is 4.79 Å². The van der Waals surface area contributed by atoms with Crippen LogP contribution in [0.5, 0.6) is 0 Å². The van der Waals surface area contributed by atoms with E-state index in [4.69, 9.17) is 5.11 Å². The summed E-state index contributed by atoms with van der Waals surface area (Å²) in [5.41, 5.74) is 1.78. The number of amides is 2. The third-order valence-corrected chi connectivity index (χ3v) is 2.76. The van der Waals surface area contributed by atoms with E-state index >= 15 is 0 Å². The first-order valence-electron chi connectivity index (χ1n) is 6.45. The van der Waals surface area contributed by atoms with Gasteiger partial charge in [-0.2, -0.15) is 0 Å². The predicted molar refractivity (Wildman–Crippen MR) is 76.6 cm³/mol. The molecule has 1 aromatic rings. The van der Waals surface area contributed by atoms with E-state index < -0.39 is 5.97 Å². The Balaban J connectivity index is 2.35. The number of hydrogen-bond donors (Lipinski definition) is 3. The molecule has 0 aliphatic rings. The van der Waals surface area contributed by atoms with E-state index in [0.717, 1.165) is 11.1 Å². The maximum Gasteiger partial charge on any atom is 0.316 e. The Morgan fingerprint density at radius 1 is 1.15 bits per heavy atom. The van der Waals surface area contributed by atoms with Crippen LogP contribution in [0.15, 0.2) is 24.3 Å². The number of aliphatic carboxylic acids is 1. The molecule has 1 rings (SSSR count). The van der Waals surface area contributed by atoms with E-state index in [9.17, 15) is 9.59 Å². The zero-order chi connectivity index (χ0) is 15.0. The number of benzene rings is 1. The Morgan fingerprint density at radius 2 is 1.80 bits per heavy atom. The third-order valence-electron chi connectivity index (χ3n) is 2.76. The van der Waals surface area contributed by atoms with Crippen LogP contribution < -0.4 is 10.6 Å². The number of rotatable bonds is 7. The van der Waals surface area contributed by atoms with Gasteiger partial charge in [-0.1, -0.05) is 24.3 Å². The molecule has 0 aliphatic carbocycles. The van der Waals surface area contributed by atoms with Gasteiger partial charge >= 0.3 is 12.0 Å². The summed E-state index contributed by atoms with van der Waals surface area (Å²) in [6, 6.07) is 7.32. The number of nitrogens with one attached hydrogen (secondary N) is 2. The Bertz CT molecular complexity index is 461. The normalized spacial score (nSPS) is 10.1. The van der Waals surface area contributed by atoms with Crippen LogP contribution in [-0.4, -0.2) is 49.2 Å². The number of hydrogen-bond acceptors (Lipinski definition) is 3. The zero-order valence-corrected chi connectivity index (χ0v) is 11.8. The fourth-order valence-corrected chi connectivity index (χ4v) is 1.70. The van der Waals surface area contributed by atoms with Crippen molar-refractivity contribution in [1.29, 1.82) is 0 Å². The van der Waals surface area contributed by atoms with Gasteiger partial charge in [-0.05, 0) is 11.1 Å². The summed E-state index contributed by atoms with van der Waals surface area (Å²) < 4.78 is 0. The number of urea groups is 1. The van der Waals surface area contributed by atoms with Gasteiger partial charge in [0.1, 0.15) is 0 Å². The molecule has 6 heteroatoms. The van der Waals surface area contributed by atoms with Crippen molar-refractivity contribution in [2.45, 2.75) is 13.0 Å². The van der Waals surface area contributed by atoms with Crippen molar-refractivity contribution >= 4 is 12.0 Å². The molecule has 2 amide bonds. The number of carbonyl (C=O) groups is 2. The second kappa shape index (κ2) is 8.16. The van der Waals surface area contributed by atoms with Gasteiger partial charge in [0.25, 0.3) is 0 Å². The first kappa shape index (κ1) is 16.0. The van der Waals surface area contributed by atoms with Crippen molar-refractivity contribution in [1.82, 2.24) is 15.5 Å². The highest BCUT2D eigenvalue weighted by Gasteiger charge is 2.06. The quantitative estimate of drug-likeness (QED) is 0.641. The molecular weight excluding hydrogens is 258 g/mol. The van der Waals surface area contributed by atoms with Crippen molar-refractivity contribution in [2.24, 2.45) is 0 Å². The molecule has 20 heavy (non-hydrogen) atoms. The molecule has 110 valence electrons. The zero-order valence-electron chi connectivity index (χ0n) is 11.8. The van der Waals surface area contributed by atoms with Crippen LogP contribution in [0.4, 0.5) is 4.79 Å². The SMILES string of the molecule is CN(C)C(=O)NCCNCc1ccccc1CC(=O)O. The monoisotopic (exact) mass is 279 g/mol. The molecule has 0 saturated carbocycles. The van der Waals surface area contributed by atoms with Crippen molar-refractivity contribution < 1.29 is 14.7 Å². The molecule has 6 nitrogen and oxygen atoms in total. The van der Waals surface area contributed by atoms with Crippen LogP contribution in [0.25, 0.3) is 0 Å². The molecule has 0 radical (unpaired) electrons. The largest absolute Gasteiger partial charge is 0.481 e. The summed E-state index contributed by atoms with van der Waals surface area (Å²) in [4.78, 5) is 23.5. The predicted octanol–water partition coefficient (Wildman–Crippen LogP) is 0.675. The number of carbonyl (C=O) groups excluding carboxylic acids is 1. The lowest BCUT2D eigenvalue weighted by molar-refractivity contribution is -0.136. The fourth-order valence-electron chi connectivity index (χ4n) is 1.70. The highest BCUT2D eigenvalue weighted by molar-refractivity contribution is 5.73. The van der Waals surface area contributed by atoms with Gasteiger partial charge in [-0.25, -0.2) is 4.79 Å². The Hall–Kier alpha value is -2.08. The van der Waals surface area contributed by atoms with Crippen LogP contribution in [0.3, 0.4) is 0 Å². The van der Waals surface area contributed by atoms with Gasteiger partial charge in [0.2, 0.25) is 0 Å². The number of nitrogens with zero attached hydrogens (tertiary/aromatic N) is 1. The smallest absolute Gasteiger partial charge is 0.316 e. The van der Waals surface area contributed by atoms with Crippen molar-refractivity contribution in [3.05, 3.63) is 35.4 Å². The van der Waals surface area contributed by atoms with E-state index in [1.54, 1.807) is 14.1 Å². The molecule has 0 fully saturated rings. The van der Waals surface area contributed by atoms with Gasteiger partial charge in [0, 0.05) is 33.7 Å². The average molecular weight is 279 g/mol. The van der Waals surface area contributed by atoms with Gasteiger partial charge in [0.05, 0.1) is 6.42 Å². The molecule has 0 unspecified atom stereocenters. The first-order chi connectivity index (χ1) is 9.50. The summed E-state index contributed by atoms with van der Waals surface area (Å²) in [5, 5.41) is 14.8. The maximum atomic E-state index is 11.3. The number of carboxylic acids is 1. The van der Waals surface area contributed by atoms with Crippen LogP contribution >= 0.6 is 0 Å². The van der Waals surface area contributed by atoms with Crippen molar-refractivity contribution in [3.8, 4) is 0 Å². The minimum Gasteiger partial charge on any atom is -0.481 e. The lowest BCUT2D eigenvalue weighted by atomic mass is 10.0. The van der Waals surface area contributed by atoms with Gasteiger partial charge < -0.3 is 20.6 Å². The van der Waals surface area contributed by atoms with E-state index in [1.165, 1.54) is 4.90 Å². The molecular formula is C14H21N3O3. The second-order valence-corrected chi connectivity index (χ2v) is 4.64. The molecule has 0 spiro atoms. The van der Waals surface area contributed by atoms with Crippen LogP contribution in [0.1, 0.15) is 11.1 Å². The summed E-state index contributed by atoms with van der Waals surface area (Å²) in [5.74, 6) is -0.837. The molecule has 0 aromatic heterocycles. The van der Waals surface area contributed by atoms with Gasteiger partial charge in [-0.15, -0.1) is 0 Å². The van der Waals surface area contributed by atoms with Crippen LogP contribution in [0.2, 0.25) is 0 Å². The number of carboxylic acid groups (broad SMARTS) is 1. The summed E-state index contributed by atoms with van der Waals surface area (Å²) in [6.07, 6.45) is 0.0230. The highest BCUT2D eigenvalue weighted by atomic mass is 16.4. The van der Waals surface area contributed by atoms with Crippen LogP contribution in [-0.2, 0) is 17.8 Å². The minimum absolute atomic E-state index is 0.0230. The van der Waals surface area contributed by atoms with E-state index in [1.807, 2.05) is 24.3 Å². The minimum atomic E-state index is -0.837. The Labute approximate surface area is 118 Å². The molecule has 0 aliphatic heterocycles. The molecule has 3 N–H and O–H groups in total. The lowest BCUT2D eigenvalue weighted by Crippen LogP contribution is -2.38. The Kier molecular flexibility index (Phi) is 6.52. The van der Waals surface area contributed by atoms with E-state index in [0.29, 0.717) is 19.6 Å².